The number of imide groups is 1. The maximum absolute atomic E-state index is 14.3. The molecule has 2 amide bonds. The average Bonchev–Trinajstić information content (AvgIpc) is 3.15. The van der Waals surface area contributed by atoms with Crippen LogP contribution >= 0.6 is 0 Å². The number of sulfone groups is 2. The number of nitrogens with zero attached hydrogens (tertiary/aromatic N) is 1. The Morgan fingerprint density at radius 2 is 1.30 bits per heavy atom. The second kappa shape index (κ2) is 10.8. The van der Waals surface area contributed by atoms with E-state index in [1.54, 1.807) is 57.2 Å². The SMILES string of the molecule is CCC[C@]1(CC(S(=O)(=O)c2ccccc2)S(=O)(=O)c2ccccc2)C(=O)N(C(=O)OC(C)(C)C)c2ccccc21. The van der Waals surface area contributed by atoms with Crippen molar-refractivity contribution in [2.24, 2.45) is 0 Å². The molecule has 1 heterocycles. The molecule has 3 aromatic rings. The van der Waals surface area contributed by atoms with Crippen molar-refractivity contribution in [3.05, 3.63) is 90.5 Å². The molecule has 0 spiro atoms. The number of amides is 2. The molecule has 0 bridgehead atoms. The lowest BCUT2D eigenvalue weighted by molar-refractivity contribution is -0.123. The van der Waals surface area contributed by atoms with Gasteiger partial charge in [0.15, 0.2) is 24.3 Å². The van der Waals surface area contributed by atoms with Crippen molar-refractivity contribution in [3.63, 3.8) is 0 Å². The topological polar surface area (TPSA) is 115 Å². The first-order chi connectivity index (χ1) is 18.8. The second-order valence-corrected chi connectivity index (χ2v) is 15.4. The van der Waals surface area contributed by atoms with Gasteiger partial charge in [0.2, 0.25) is 5.91 Å². The molecule has 0 aliphatic carbocycles. The van der Waals surface area contributed by atoms with Gasteiger partial charge >= 0.3 is 6.09 Å². The quantitative estimate of drug-likeness (QED) is 0.336. The summed E-state index contributed by atoms with van der Waals surface area (Å²) in [5.41, 5.74) is -1.87. The molecule has 1 aliphatic rings. The molecule has 212 valence electrons. The second-order valence-electron chi connectivity index (χ2n) is 10.8. The lowest BCUT2D eigenvalue weighted by Crippen LogP contribution is -2.48. The molecule has 0 unspecified atom stereocenters. The number of hydrogen-bond donors (Lipinski definition) is 0. The summed E-state index contributed by atoms with van der Waals surface area (Å²) in [7, 11) is -9.04. The molecule has 40 heavy (non-hydrogen) atoms. The number of benzene rings is 3. The Morgan fingerprint density at radius 3 is 1.77 bits per heavy atom. The largest absolute Gasteiger partial charge is 0.443 e. The van der Waals surface area contributed by atoms with Crippen molar-refractivity contribution >= 4 is 37.4 Å². The molecule has 0 N–H and O–H groups in total. The average molecular weight is 584 g/mol. The minimum atomic E-state index is -4.52. The van der Waals surface area contributed by atoms with Crippen LogP contribution in [0.5, 0.6) is 0 Å². The number of para-hydroxylation sites is 1. The minimum Gasteiger partial charge on any atom is -0.443 e. The van der Waals surface area contributed by atoms with Crippen molar-refractivity contribution < 1.29 is 31.2 Å². The number of fused-ring (bicyclic) bond motifs is 1. The molecule has 10 heteroatoms. The predicted octanol–water partition coefficient (Wildman–Crippen LogP) is 5.67. The Bertz CT molecular complexity index is 1540. The molecule has 0 saturated carbocycles. The number of ether oxygens (including phenoxy) is 1. The Kier molecular flexibility index (Phi) is 7.97. The van der Waals surface area contributed by atoms with Crippen LogP contribution in [-0.2, 0) is 34.6 Å². The van der Waals surface area contributed by atoms with Gasteiger partial charge in [-0.2, -0.15) is 0 Å². The highest BCUT2D eigenvalue weighted by Crippen LogP contribution is 2.50. The first-order valence-electron chi connectivity index (χ1n) is 13.0. The van der Waals surface area contributed by atoms with Crippen LogP contribution < -0.4 is 4.90 Å². The van der Waals surface area contributed by atoms with Gasteiger partial charge in [0.25, 0.3) is 0 Å². The third-order valence-electron chi connectivity index (χ3n) is 6.88. The standard InChI is InChI=1S/C30H33NO7S2/c1-5-20-30(24-18-12-13-19-25(24)31(27(30)32)28(33)38-29(2,3)4)21-26(39(34,35)22-14-8-6-9-15-22)40(36,37)23-16-10-7-11-17-23/h6-19,26H,5,20-21H2,1-4H3/t30-/m1/s1. The van der Waals surface area contributed by atoms with Crippen molar-refractivity contribution in [3.8, 4) is 0 Å². The van der Waals surface area contributed by atoms with E-state index in [4.69, 9.17) is 4.74 Å². The fraction of sp³-hybridized carbons (Fsp3) is 0.333. The highest BCUT2D eigenvalue weighted by Gasteiger charge is 2.57. The summed E-state index contributed by atoms with van der Waals surface area (Å²) in [6, 6.07) is 21.3. The number of hydrogen-bond acceptors (Lipinski definition) is 7. The fourth-order valence-electron chi connectivity index (χ4n) is 5.16. The van der Waals surface area contributed by atoms with Crippen LogP contribution in [0.2, 0.25) is 0 Å². The van der Waals surface area contributed by atoms with Gasteiger partial charge in [-0.3, -0.25) is 4.79 Å². The van der Waals surface area contributed by atoms with Crippen LogP contribution in [0.4, 0.5) is 10.5 Å². The van der Waals surface area contributed by atoms with Gasteiger partial charge in [-0.1, -0.05) is 67.9 Å². The van der Waals surface area contributed by atoms with E-state index < -0.39 is 53.7 Å². The molecule has 0 fully saturated rings. The third kappa shape index (κ3) is 5.30. The van der Waals surface area contributed by atoms with Gasteiger partial charge in [-0.15, -0.1) is 0 Å². The molecule has 1 atom stereocenters. The molecule has 3 aromatic carbocycles. The zero-order valence-electron chi connectivity index (χ0n) is 22.9. The smallest absolute Gasteiger partial charge is 0.421 e. The summed E-state index contributed by atoms with van der Waals surface area (Å²) < 4.78 is 60.0. The van der Waals surface area contributed by atoms with Crippen LogP contribution in [0.3, 0.4) is 0 Å². The van der Waals surface area contributed by atoms with Crippen LogP contribution in [-0.4, -0.2) is 39.0 Å². The van der Waals surface area contributed by atoms with E-state index in [0.717, 1.165) is 4.90 Å². The van der Waals surface area contributed by atoms with Gasteiger partial charge in [0.05, 0.1) is 20.9 Å². The van der Waals surface area contributed by atoms with Gasteiger partial charge in [-0.05, 0) is 69.5 Å². The Labute approximate surface area is 235 Å². The minimum absolute atomic E-state index is 0.118. The van der Waals surface area contributed by atoms with E-state index in [0.29, 0.717) is 12.0 Å². The number of carbonyl (C=O) groups excluding carboxylic acids is 2. The number of rotatable bonds is 8. The molecule has 0 aromatic heterocycles. The Balaban J connectivity index is 1.95. The maximum Gasteiger partial charge on any atom is 0.421 e. The molecular weight excluding hydrogens is 550 g/mol. The fourth-order valence-corrected chi connectivity index (χ4v) is 9.85. The van der Waals surface area contributed by atoms with Crippen LogP contribution in [0.25, 0.3) is 0 Å². The molecular formula is C30H33NO7S2. The maximum atomic E-state index is 14.3. The van der Waals surface area contributed by atoms with Gasteiger partial charge in [0, 0.05) is 0 Å². The summed E-state index contributed by atoms with van der Waals surface area (Å²) in [6.07, 6.45) is -0.944. The highest BCUT2D eigenvalue weighted by molar-refractivity contribution is 8.09. The molecule has 4 rings (SSSR count). The summed E-state index contributed by atoms with van der Waals surface area (Å²) >= 11 is 0. The lowest BCUT2D eigenvalue weighted by atomic mass is 9.75. The summed E-state index contributed by atoms with van der Waals surface area (Å²) in [5.74, 6) is -0.707. The highest BCUT2D eigenvalue weighted by atomic mass is 32.3. The summed E-state index contributed by atoms with van der Waals surface area (Å²) in [4.78, 5) is 28.2. The van der Waals surface area contributed by atoms with E-state index >= 15 is 0 Å². The van der Waals surface area contributed by atoms with Crippen molar-refractivity contribution in [1.82, 2.24) is 0 Å². The van der Waals surface area contributed by atoms with Crippen molar-refractivity contribution in [1.29, 1.82) is 0 Å². The number of anilines is 1. The monoisotopic (exact) mass is 583 g/mol. The third-order valence-corrected chi connectivity index (χ3v) is 12.0. The van der Waals surface area contributed by atoms with E-state index in [2.05, 4.69) is 0 Å². The molecule has 8 nitrogen and oxygen atoms in total. The predicted molar refractivity (Wildman–Crippen MR) is 152 cm³/mol. The Morgan fingerprint density at radius 1 is 0.825 bits per heavy atom. The van der Waals surface area contributed by atoms with Gasteiger partial charge < -0.3 is 4.74 Å². The molecule has 0 saturated heterocycles. The van der Waals surface area contributed by atoms with E-state index in [-0.39, 0.29) is 21.9 Å². The first-order valence-corrected chi connectivity index (χ1v) is 16.1. The van der Waals surface area contributed by atoms with Crippen molar-refractivity contribution in [2.45, 2.75) is 72.3 Å². The first kappa shape index (κ1) is 29.5. The van der Waals surface area contributed by atoms with E-state index in [9.17, 15) is 26.4 Å². The van der Waals surface area contributed by atoms with Gasteiger partial charge in [-0.25, -0.2) is 26.5 Å². The van der Waals surface area contributed by atoms with Crippen molar-refractivity contribution in [2.75, 3.05) is 4.90 Å². The van der Waals surface area contributed by atoms with E-state index in [1.165, 1.54) is 48.5 Å². The molecule has 1 aliphatic heterocycles. The van der Waals surface area contributed by atoms with Crippen LogP contribution in [0.15, 0.2) is 94.7 Å². The zero-order chi connectivity index (χ0) is 29.3. The Hall–Kier alpha value is -3.50. The summed E-state index contributed by atoms with van der Waals surface area (Å²) in [5, 5.41) is 0. The molecule has 0 radical (unpaired) electrons. The lowest BCUT2D eigenvalue weighted by Gasteiger charge is -2.32. The van der Waals surface area contributed by atoms with Gasteiger partial charge in [0.1, 0.15) is 5.60 Å². The van der Waals surface area contributed by atoms with Crippen LogP contribution in [0.1, 0.15) is 52.5 Å². The van der Waals surface area contributed by atoms with E-state index in [1.807, 2.05) is 6.92 Å². The van der Waals surface area contributed by atoms with Crippen LogP contribution in [0, 0.1) is 0 Å². The normalized spacial score (nSPS) is 17.6. The summed E-state index contributed by atoms with van der Waals surface area (Å²) in [6.45, 7) is 6.84. The number of carbonyl (C=O) groups is 2. The zero-order valence-corrected chi connectivity index (χ0v) is 24.5.